The van der Waals surface area contributed by atoms with Gasteiger partial charge in [0, 0.05) is 22.6 Å². The Morgan fingerprint density at radius 2 is 2.04 bits per heavy atom. The largest absolute Gasteiger partial charge is 0.320 e. The Kier molecular flexibility index (Phi) is 4.33. The predicted octanol–water partition coefficient (Wildman–Crippen LogP) is 3.50. The summed E-state index contributed by atoms with van der Waals surface area (Å²) in [5.74, 6) is -0.301. The molecule has 0 fully saturated rings. The van der Waals surface area contributed by atoms with Crippen LogP contribution in [0.2, 0.25) is 5.02 Å². The van der Waals surface area contributed by atoms with Crippen LogP contribution in [0.1, 0.15) is 30.2 Å². The summed E-state index contributed by atoms with van der Waals surface area (Å²) >= 11 is 6.10. The average molecular weight is 382 g/mol. The number of carbonyl (C=O) groups excluding carboxylic acids is 1. The van der Waals surface area contributed by atoms with Crippen LogP contribution in [0.25, 0.3) is 16.7 Å². The molecule has 3 heterocycles. The fourth-order valence-electron chi connectivity index (χ4n) is 2.78. The number of hydrogen-bond acceptors (Lipinski definition) is 5. The highest BCUT2D eigenvalue weighted by molar-refractivity contribution is 6.31. The molecule has 0 bridgehead atoms. The van der Waals surface area contributed by atoms with E-state index in [0.29, 0.717) is 22.0 Å². The summed E-state index contributed by atoms with van der Waals surface area (Å²) in [5.41, 5.74) is 2.35. The fraction of sp³-hybridized carbons (Fsp3) is 0.167. The van der Waals surface area contributed by atoms with E-state index >= 15 is 0 Å². The predicted molar refractivity (Wildman–Crippen MR) is 102 cm³/mol. The standard InChI is InChI=1S/C18H16ClN7O/c1-11(2)26-17-12(8-22-26)5-13(7-21-17)18(27)24-15-6-14(19)3-4-16(15)25-10-20-9-23-25/h3-11H,1-2H3,(H,24,27). The van der Waals surface area contributed by atoms with Crippen molar-refractivity contribution in [2.75, 3.05) is 5.32 Å². The first kappa shape index (κ1) is 17.2. The maximum absolute atomic E-state index is 12.8. The number of hydrogen-bond donors (Lipinski definition) is 1. The van der Waals surface area contributed by atoms with Crippen LogP contribution < -0.4 is 5.32 Å². The van der Waals surface area contributed by atoms with Crippen LogP contribution in [0.3, 0.4) is 0 Å². The van der Waals surface area contributed by atoms with E-state index in [9.17, 15) is 4.79 Å². The number of carbonyl (C=O) groups is 1. The van der Waals surface area contributed by atoms with Gasteiger partial charge in [0.1, 0.15) is 12.7 Å². The van der Waals surface area contributed by atoms with E-state index in [1.54, 1.807) is 41.5 Å². The van der Waals surface area contributed by atoms with Crippen molar-refractivity contribution in [2.24, 2.45) is 0 Å². The third-order valence-corrected chi connectivity index (χ3v) is 4.29. The summed E-state index contributed by atoms with van der Waals surface area (Å²) in [7, 11) is 0. The number of fused-ring (bicyclic) bond motifs is 1. The topological polar surface area (TPSA) is 90.5 Å². The summed E-state index contributed by atoms with van der Waals surface area (Å²) in [4.78, 5) is 21.1. The van der Waals surface area contributed by atoms with Gasteiger partial charge in [-0.3, -0.25) is 4.79 Å². The maximum Gasteiger partial charge on any atom is 0.257 e. The van der Waals surface area contributed by atoms with Gasteiger partial charge >= 0.3 is 0 Å². The SMILES string of the molecule is CC(C)n1ncc2cc(C(=O)Nc3cc(Cl)ccc3-n3cncn3)cnc21. The molecular formula is C18H16ClN7O. The molecule has 136 valence electrons. The number of nitrogens with zero attached hydrogens (tertiary/aromatic N) is 6. The van der Waals surface area contributed by atoms with E-state index in [4.69, 9.17) is 11.6 Å². The zero-order chi connectivity index (χ0) is 19.0. The lowest BCUT2D eigenvalue weighted by Crippen LogP contribution is -2.14. The Bertz CT molecular complexity index is 1120. The van der Waals surface area contributed by atoms with Crippen molar-refractivity contribution in [2.45, 2.75) is 19.9 Å². The van der Waals surface area contributed by atoms with Crippen molar-refractivity contribution in [1.82, 2.24) is 29.5 Å². The summed E-state index contributed by atoms with van der Waals surface area (Å²) in [6.45, 7) is 4.05. The Hall–Kier alpha value is -3.26. The Labute approximate surface area is 159 Å². The Morgan fingerprint density at radius 1 is 1.19 bits per heavy atom. The number of amides is 1. The van der Waals surface area contributed by atoms with Crippen molar-refractivity contribution in [3.63, 3.8) is 0 Å². The molecule has 8 nitrogen and oxygen atoms in total. The molecular weight excluding hydrogens is 366 g/mol. The third-order valence-electron chi connectivity index (χ3n) is 4.06. The van der Waals surface area contributed by atoms with Gasteiger partial charge in [0.2, 0.25) is 0 Å². The van der Waals surface area contributed by atoms with Gasteiger partial charge in [-0.25, -0.2) is 19.3 Å². The normalized spacial score (nSPS) is 11.3. The fourth-order valence-corrected chi connectivity index (χ4v) is 2.95. The van der Waals surface area contributed by atoms with Crippen molar-refractivity contribution < 1.29 is 4.79 Å². The highest BCUT2D eigenvalue weighted by Crippen LogP contribution is 2.25. The highest BCUT2D eigenvalue weighted by Gasteiger charge is 2.14. The number of halogens is 1. The van der Waals surface area contributed by atoms with E-state index < -0.39 is 0 Å². The second kappa shape index (κ2) is 6.81. The summed E-state index contributed by atoms with van der Waals surface area (Å²) in [6, 6.07) is 7.11. The van der Waals surface area contributed by atoms with Crippen LogP contribution in [-0.4, -0.2) is 35.4 Å². The van der Waals surface area contributed by atoms with Crippen molar-refractivity contribution >= 4 is 34.2 Å². The molecule has 0 saturated heterocycles. The average Bonchev–Trinajstić information content (AvgIpc) is 3.31. The minimum atomic E-state index is -0.301. The molecule has 3 aromatic heterocycles. The summed E-state index contributed by atoms with van der Waals surface area (Å²) in [5, 5.41) is 12.6. The number of benzene rings is 1. The van der Waals surface area contributed by atoms with E-state index in [1.807, 2.05) is 18.5 Å². The number of rotatable bonds is 4. The monoisotopic (exact) mass is 381 g/mol. The van der Waals surface area contributed by atoms with Gasteiger partial charge in [-0.15, -0.1) is 0 Å². The molecule has 27 heavy (non-hydrogen) atoms. The van der Waals surface area contributed by atoms with Gasteiger partial charge in [0.05, 0.1) is 23.1 Å². The number of aromatic nitrogens is 6. The molecule has 1 N–H and O–H groups in total. The van der Waals surface area contributed by atoms with Gasteiger partial charge in [-0.1, -0.05) is 11.6 Å². The maximum atomic E-state index is 12.8. The molecule has 4 rings (SSSR count). The molecule has 0 spiro atoms. The molecule has 1 aromatic carbocycles. The Morgan fingerprint density at radius 3 is 2.78 bits per heavy atom. The van der Waals surface area contributed by atoms with Crippen molar-refractivity contribution in [3.05, 3.63) is 59.9 Å². The van der Waals surface area contributed by atoms with Crippen LogP contribution in [-0.2, 0) is 0 Å². The number of pyridine rings is 1. The molecule has 0 saturated carbocycles. The molecule has 9 heteroatoms. The van der Waals surface area contributed by atoms with E-state index in [1.165, 1.54) is 12.5 Å². The van der Waals surface area contributed by atoms with Crippen LogP contribution >= 0.6 is 11.6 Å². The van der Waals surface area contributed by atoms with Gasteiger partial charge in [-0.05, 0) is 38.1 Å². The zero-order valence-corrected chi connectivity index (χ0v) is 15.4. The minimum Gasteiger partial charge on any atom is -0.320 e. The molecule has 0 aliphatic rings. The lowest BCUT2D eigenvalue weighted by molar-refractivity contribution is 0.102. The molecule has 0 aliphatic heterocycles. The number of nitrogens with one attached hydrogen (secondary N) is 1. The smallest absolute Gasteiger partial charge is 0.257 e. The quantitative estimate of drug-likeness (QED) is 0.584. The molecule has 1 amide bonds. The highest BCUT2D eigenvalue weighted by atomic mass is 35.5. The van der Waals surface area contributed by atoms with Crippen LogP contribution in [0.4, 0.5) is 5.69 Å². The van der Waals surface area contributed by atoms with Crippen molar-refractivity contribution in [1.29, 1.82) is 0 Å². The van der Waals surface area contributed by atoms with Gasteiger partial charge < -0.3 is 5.32 Å². The molecule has 0 aliphatic carbocycles. The minimum absolute atomic E-state index is 0.186. The number of anilines is 1. The van der Waals surface area contributed by atoms with E-state index in [-0.39, 0.29) is 11.9 Å². The zero-order valence-electron chi connectivity index (χ0n) is 14.7. The first-order valence-electron chi connectivity index (χ1n) is 8.32. The molecule has 0 atom stereocenters. The van der Waals surface area contributed by atoms with Gasteiger partial charge in [-0.2, -0.15) is 10.2 Å². The Balaban J connectivity index is 1.67. The van der Waals surface area contributed by atoms with Crippen LogP contribution in [0.15, 0.2) is 49.3 Å². The molecule has 0 radical (unpaired) electrons. The lowest BCUT2D eigenvalue weighted by Gasteiger charge is -2.11. The second-order valence-electron chi connectivity index (χ2n) is 6.28. The van der Waals surface area contributed by atoms with E-state index in [0.717, 1.165) is 11.0 Å². The first-order valence-corrected chi connectivity index (χ1v) is 8.70. The summed E-state index contributed by atoms with van der Waals surface area (Å²) in [6.07, 6.45) is 6.22. The van der Waals surface area contributed by atoms with Crippen LogP contribution in [0, 0.1) is 0 Å². The van der Waals surface area contributed by atoms with E-state index in [2.05, 4.69) is 25.5 Å². The third kappa shape index (κ3) is 3.26. The lowest BCUT2D eigenvalue weighted by atomic mass is 10.2. The first-order chi connectivity index (χ1) is 13.0. The second-order valence-corrected chi connectivity index (χ2v) is 6.71. The molecule has 0 unspecified atom stereocenters. The molecule has 4 aromatic rings. The summed E-state index contributed by atoms with van der Waals surface area (Å²) < 4.78 is 3.37. The van der Waals surface area contributed by atoms with Gasteiger partial charge in [0.15, 0.2) is 5.65 Å². The van der Waals surface area contributed by atoms with Crippen molar-refractivity contribution in [3.8, 4) is 5.69 Å². The van der Waals surface area contributed by atoms with Crippen LogP contribution in [0.5, 0.6) is 0 Å². The van der Waals surface area contributed by atoms with Gasteiger partial charge in [0.25, 0.3) is 5.91 Å².